The zero-order chi connectivity index (χ0) is 22.8. The van der Waals surface area contributed by atoms with Crippen LogP contribution in [0.1, 0.15) is 64.0 Å². The topological polar surface area (TPSA) is 62.7 Å². The fourth-order valence-corrected chi connectivity index (χ4v) is 5.01. The first-order valence-electron chi connectivity index (χ1n) is 11.7. The first-order valence-corrected chi connectivity index (χ1v) is 11.7. The molecular formula is C28H30N2O3. The third-order valence-corrected chi connectivity index (χ3v) is 6.84. The van der Waals surface area contributed by atoms with Crippen molar-refractivity contribution in [2.45, 2.75) is 44.3 Å². The fraction of sp³-hybridized carbons (Fsp3) is 0.357. The standard InChI is InChI=1S/C28H30N2O3/c1-33-18-23-5-4-8-27(29-23)28(32)30-14-13-21(16-30)24-12-11-20(15-22(24)17-31)26-7-3-2-6-25(26)19-9-10-19/h2-8,11-12,15,19,21,31H,9-10,13-14,16-18H2,1H3. The zero-order valence-electron chi connectivity index (χ0n) is 19.0. The van der Waals surface area contributed by atoms with E-state index >= 15 is 0 Å². The number of nitrogens with zero attached hydrogens (tertiary/aromatic N) is 2. The van der Waals surface area contributed by atoms with Gasteiger partial charge < -0.3 is 14.7 Å². The van der Waals surface area contributed by atoms with E-state index in [0.29, 0.717) is 31.3 Å². The van der Waals surface area contributed by atoms with Crippen LogP contribution in [-0.2, 0) is 18.0 Å². The van der Waals surface area contributed by atoms with Crippen molar-refractivity contribution in [2.24, 2.45) is 0 Å². The Morgan fingerprint density at radius 3 is 2.67 bits per heavy atom. The minimum atomic E-state index is -0.0454. The third-order valence-electron chi connectivity index (χ3n) is 6.84. The van der Waals surface area contributed by atoms with Crippen molar-refractivity contribution in [3.8, 4) is 11.1 Å². The molecule has 33 heavy (non-hydrogen) atoms. The van der Waals surface area contributed by atoms with E-state index in [1.54, 1.807) is 13.2 Å². The molecule has 1 amide bonds. The van der Waals surface area contributed by atoms with Crippen molar-refractivity contribution in [1.82, 2.24) is 9.88 Å². The molecule has 5 heteroatoms. The van der Waals surface area contributed by atoms with Crippen molar-refractivity contribution in [1.29, 1.82) is 0 Å². The van der Waals surface area contributed by atoms with Gasteiger partial charge in [0.1, 0.15) is 5.69 Å². The van der Waals surface area contributed by atoms with Gasteiger partial charge in [0.25, 0.3) is 5.91 Å². The number of benzene rings is 2. The number of aliphatic hydroxyl groups is 1. The summed E-state index contributed by atoms with van der Waals surface area (Å²) in [7, 11) is 1.62. The number of pyridine rings is 1. The highest BCUT2D eigenvalue weighted by molar-refractivity contribution is 5.92. The molecule has 5 rings (SSSR count). The number of carbonyl (C=O) groups excluding carboxylic acids is 1. The number of ether oxygens (including phenoxy) is 1. The minimum Gasteiger partial charge on any atom is -0.392 e. The van der Waals surface area contributed by atoms with Gasteiger partial charge in [-0.15, -0.1) is 0 Å². The molecule has 1 aliphatic carbocycles. The molecule has 0 spiro atoms. The van der Waals surface area contributed by atoms with Gasteiger partial charge in [0, 0.05) is 26.1 Å². The van der Waals surface area contributed by atoms with Crippen molar-refractivity contribution in [3.05, 3.63) is 88.7 Å². The molecule has 2 fully saturated rings. The summed E-state index contributed by atoms with van der Waals surface area (Å²) in [4.78, 5) is 19.4. The summed E-state index contributed by atoms with van der Waals surface area (Å²) in [5, 5.41) is 10.2. The molecule has 1 N–H and O–H groups in total. The second kappa shape index (κ2) is 9.46. The SMILES string of the molecule is COCc1cccc(C(=O)N2CCC(c3ccc(-c4ccccc4C4CC4)cc3CO)C2)n1. The smallest absolute Gasteiger partial charge is 0.272 e. The number of methoxy groups -OCH3 is 1. The minimum absolute atomic E-state index is 0.000165. The number of carbonyl (C=O) groups is 1. The monoisotopic (exact) mass is 442 g/mol. The molecule has 3 aromatic rings. The molecule has 2 aliphatic rings. The largest absolute Gasteiger partial charge is 0.392 e. The van der Waals surface area contributed by atoms with Gasteiger partial charge in [-0.3, -0.25) is 4.79 Å². The summed E-state index contributed by atoms with van der Waals surface area (Å²) < 4.78 is 5.14. The Morgan fingerprint density at radius 2 is 1.88 bits per heavy atom. The Kier molecular flexibility index (Phi) is 6.25. The zero-order valence-corrected chi connectivity index (χ0v) is 19.0. The van der Waals surface area contributed by atoms with Gasteiger partial charge in [-0.1, -0.05) is 42.5 Å². The maximum Gasteiger partial charge on any atom is 0.272 e. The van der Waals surface area contributed by atoms with Crippen LogP contribution >= 0.6 is 0 Å². The molecule has 2 aromatic carbocycles. The molecule has 1 aromatic heterocycles. The van der Waals surface area contributed by atoms with Crippen LogP contribution in [0.15, 0.2) is 60.7 Å². The van der Waals surface area contributed by atoms with Crippen molar-refractivity contribution < 1.29 is 14.6 Å². The van der Waals surface area contributed by atoms with Gasteiger partial charge in [0.2, 0.25) is 0 Å². The van der Waals surface area contributed by atoms with Gasteiger partial charge in [-0.25, -0.2) is 4.98 Å². The van der Waals surface area contributed by atoms with E-state index in [9.17, 15) is 9.90 Å². The molecule has 1 unspecified atom stereocenters. The second-order valence-electron chi connectivity index (χ2n) is 9.12. The summed E-state index contributed by atoms with van der Waals surface area (Å²) in [6.07, 6.45) is 3.41. The van der Waals surface area contributed by atoms with Gasteiger partial charge in [-0.05, 0) is 71.2 Å². The second-order valence-corrected chi connectivity index (χ2v) is 9.12. The highest BCUT2D eigenvalue weighted by atomic mass is 16.5. The van der Waals surface area contributed by atoms with Gasteiger partial charge in [-0.2, -0.15) is 0 Å². The lowest BCUT2D eigenvalue weighted by atomic mass is 9.89. The number of likely N-dealkylation sites (tertiary alicyclic amines) is 1. The first kappa shape index (κ1) is 21.8. The highest BCUT2D eigenvalue weighted by Gasteiger charge is 2.30. The average molecular weight is 443 g/mol. The third kappa shape index (κ3) is 4.56. The fourth-order valence-electron chi connectivity index (χ4n) is 5.01. The molecular weight excluding hydrogens is 412 g/mol. The Bertz CT molecular complexity index is 1160. The lowest BCUT2D eigenvalue weighted by Crippen LogP contribution is -2.29. The molecule has 1 atom stereocenters. The summed E-state index contributed by atoms with van der Waals surface area (Å²) >= 11 is 0. The Morgan fingerprint density at radius 1 is 1.03 bits per heavy atom. The van der Waals surface area contributed by atoms with E-state index < -0.39 is 0 Å². The lowest BCUT2D eigenvalue weighted by molar-refractivity contribution is 0.0784. The van der Waals surface area contributed by atoms with E-state index in [4.69, 9.17) is 4.74 Å². The number of rotatable bonds is 7. The number of aromatic nitrogens is 1. The van der Waals surface area contributed by atoms with E-state index in [-0.39, 0.29) is 18.4 Å². The number of amides is 1. The van der Waals surface area contributed by atoms with E-state index in [1.807, 2.05) is 17.0 Å². The molecule has 170 valence electrons. The quantitative estimate of drug-likeness (QED) is 0.566. The summed E-state index contributed by atoms with van der Waals surface area (Å²) in [5.74, 6) is 0.839. The molecule has 0 radical (unpaired) electrons. The van der Waals surface area contributed by atoms with Crippen LogP contribution in [0.25, 0.3) is 11.1 Å². The first-order chi connectivity index (χ1) is 16.2. The van der Waals surface area contributed by atoms with Crippen molar-refractivity contribution in [3.63, 3.8) is 0 Å². The van der Waals surface area contributed by atoms with Crippen LogP contribution in [0, 0.1) is 0 Å². The van der Waals surface area contributed by atoms with Gasteiger partial charge in [0.05, 0.1) is 18.9 Å². The van der Waals surface area contributed by atoms with Crippen LogP contribution in [0.5, 0.6) is 0 Å². The van der Waals surface area contributed by atoms with E-state index in [1.165, 1.54) is 24.0 Å². The maximum absolute atomic E-state index is 13.1. The number of hydrogen-bond acceptors (Lipinski definition) is 4. The van der Waals surface area contributed by atoms with Crippen LogP contribution < -0.4 is 0 Å². The van der Waals surface area contributed by atoms with E-state index in [0.717, 1.165) is 28.8 Å². The Labute approximate surface area is 195 Å². The molecule has 5 nitrogen and oxygen atoms in total. The predicted molar refractivity (Wildman–Crippen MR) is 128 cm³/mol. The average Bonchev–Trinajstić information content (AvgIpc) is 3.60. The summed E-state index contributed by atoms with van der Waals surface area (Å²) in [6, 6.07) is 20.6. The van der Waals surface area contributed by atoms with Crippen molar-refractivity contribution >= 4 is 5.91 Å². The molecule has 0 bridgehead atoms. The van der Waals surface area contributed by atoms with Gasteiger partial charge in [0.15, 0.2) is 0 Å². The van der Waals surface area contributed by atoms with Crippen LogP contribution in [0.2, 0.25) is 0 Å². The van der Waals surface area contributed by atoms with Crippen LogP contribution in [0.4, 0.5) is 0 Å². The number of aliphatic hydroxyl groups excluding tert-OH is 1. The molecule has 2 heterocycles. The summed E-state index contributed by atoms with van der Waals surface area (Å²) in [6.45, 7) is 1.72. The van der Waals surface area contributed by atoms with Gasteiger partial charge >= 0.3 is 0 Å². The number of hydrogen-bond donors (Lipinski definition) is 1. The Balaban J connectivity index is 1.35. The van der Waals surface area contributed by atoms with Crippen molar-refractivity contribution in [2.75, 3.05) is 20.2 Å². The molecule has 1 aliphatic heterocycles. The summed E-state index contributed by atoms with van der Waals surface area (Å²) in [5.41, 5.74) is 7.15. The normalized spacial score (nSPS) is 18.0. The highest BCUT2D eigenvalue weighted by Crippen LogP contribution is 2.44. The molecule has 1 saturated heterocycles. The molecule has 1 saturated carbocycles. The van der Waals surface area contributed by atoms with Crippen LogP contribution in [-0.4, -0.2) is 41.1 Å². The maximum atomic E-state index is 13.1. The lowest BCUT2D eigenvalue weighted by Gasteiger charge is -2.19. The van der Waals surface area contributed by atoms with Crippen LogP contribution in [0.3, 0.4) is 0 Å². The van der Waals surface area contributed by atoms with E-state index in [2.05, 4.69) is 47.4 Å². The predicted octanol–water partition coefficient (Wildman–Crippen LogP) is 4.89. The Hall–Kier alpha value is -3.02.